The molecule has 4 rings (SSSR count). The van der Waals surface area contributed by atoms with E-state index in [4.69, 9.17) is 26.1 Å². The number of fused-ring (bicyclic) bond motifs is 1. The molecule has 1 aromatic carbocycles. The first-order valence-electron chi connectivity index (χ1n) is 9.47. The SMILES string of the molecule is S=C(NCc1ccc2c(c1)OCO2)NC[C@@H](c1ccco1)N1CCCCC1. The summed E-state index contributed by atoms with van der Waals surface area (Å²) in [6.45, 7) is 3.85. The minimum atomic E-state index is 0.200. The van der Waals surface area contributed by atoms with E-state index in [9.17, 15) is 0 Å². The first-order valence-corrected chi connectivity index (χ1v) is 9.88. The van der Waals surface area contributed by atoms with Crippen LogP contribution in [0.5, 0.6) is 11.5 Å². The molecule has 7 heteroatoms. The largest absolute Gasteiger partial charge is 0.468 e. The lowest BCUT2D eigenvalue weighted by molar-refractivity contribution is 0.146. The smallest absolute Gasteiger partial charge is 0.231 e. The number of ether oxygens (including phenoxy) is 2. The van der Waals surface area contributed by atoms with Crippen LogP contribution in [0.25, 0.3) is 0 Å². The van der Waals surface area contributed by atoms with Gasteiger partial charge in [0.25, 0.3) is 0 Å². The summed E-state index contributed by atoms with van der Waals surface area (Å²) in [5.41, 5.74) is 1.10. The van der Waals surface area contributed by atoms with E-state index in [1.807, 2.05) is 30.3 Å². The molecule has 1 fully saturated rings. The number of furan rings is 1. The van der Waals surface area contributed by atoms with Gasteiger partial charge in [0.05, 0.1) is 12.3 Å². The van der Waals surface area contributed by atoms with Crippen LogP contribution in [0.2, 0.25) is 0 Å². The maximum atomic E-state index is 5.68. The summed E-state index contributed by atoms with van der Waals surface area (Å²) in [4.78, 5) is 2.48. The first-order chi connectivity index (χ1) is 13.3. The Morgan fingerprint density at radius 1 is 1.07 bits per heavy atom. The minimum Gasteiger partial charge on any atom is -0.468 e. The number of likely N-dealkylation sites (tertiary alicyclic amines) is 1. The van der Waals surface area contributed by atoms with Gasteiger partial charge in [-0.1, -0.05) is 12.5 Å². The average molecular weight is 388 g/mol. The molecule has 2 aromatic rings. The Labute approximate surface area is 164 Å². The molecular formula is C20H25N3O3S. The van der Waals surface area contributed by atoms with Crippen molar-refractivity contribution in [3.8, 4) is 11.5 Å². The third kappa shape index (κ3) is 4.54. The molecule has 3 heterocycles. The Hall–Kier alpha value is -2.25. The molecule has 2 N–H and O–H groups in total. The second kappa shape index (κ2) is 8.63. The van der Waals surface area contributed by atoms with E-state index in [1.165, 1.54) is 19.3 Å². The van der Waals surface area contributed by atoms with Crippen LogP contribution < -0.4 is 20.1 Å². The van der Waals surface area contributed by atoms with E-state index in [0.717, 1.165) is 42.5 Å². The number of thiocarbonyl (C=S) groups is 1. The van der Waals surface area contributed by atoms with Crippen molar-refractivity contribution in [1.82, 2.24) is 15.5 Å². The van der Waals surface area contributed by atoms with Crippen LogP contribution in [0, 0.1) is 0 Å². The average Bonchev–Trinajstić information content (AvgIpc) is 3.39. The lowest BCUT2D eigenvalue weighted by Gasteiger charge is -2.33. The van der Waals surface area contributed by atoms with Gasteiger partial charge in [0, 0.05) is 13.1 Å². The van der Waals surface area contributed by atoms with Gasteiger partial charge in [-0.15, -0.1) is 0 Å². The third-order valence-corrected chi connectivity index (χ3v) is 5.34. The van der Waals surface area contributed by atoms with Gasteiger partial charge in [0.15, 0.2) is 16.6 Å². The molecule has 144 valence electrons. The maximum Gasteiger partial charge on any atom is 0.231 e. The summed E-state index contributed by atoms with van der Waals surface area (Å²) in [5.74, 6) is 2.57. The van der Waals surface area contributed by atoms with Crippen LogP contribution in [-0.4, -0.2) is 36.4 Å². The van der Waals surface area contributed by atoms with Crippen molar-refractivity contribution in [2.75, 3.05) is 26.4 Å². The van der Waals surface area contributed by atoms with Gasteiger partial charge in [0.1, 0.15) is 5.76 Å². The molecule has 2 aliphatic heterocycles. The highest BCUT2D eigenvalue weighted by Crippen LogP contribution is 2.32. The molecule has 27 heavy (non-hydrogen) atoms. The normalized spacial score (nSPS) is 17.5. The highest BCUT2D eigenvalue weighted by Gasteiger charge is 2.24. The fraction of sp³-hybridized carbons (Fsp3) is 0.450. The number of benzene rings is 1. The van der Waals surface area contributed by atoms with Gasteiger partial charge in [-0.3, -0.25) is 4.90 Å². The minimum absolute atomic E-state index is 0.200. The van der Waals surface area contributed by atoms with Crippen molar-refractivity contribution in [3.63, 3.8) is 0 Å². The lowest BCUT2D eigenvalue weighted by Crippen LogP contribution is -2.43. The second-order valence-electron chi connectivity index (χ2n) is 6.88. The van der Waals surface area contributed by atoms with Crippen molar-refractivity contribution in [1.29, 1.82) is 0 Å². The van der Waals surface area contributed by atoms with Crippen LogP contribution in [-0.2, 0) is 6.54 Å². The zero-order valence-electron chi connectivity index (χ0n) is 15.3. The zero-order valence-corrected chi connectivity index (χ0v) is 16.1. The van der Waals surface area contributed by atoms with Crippen LogP contribution in [0.1, 0.15) is 36.6 Å². The van der Waals surface area contributed by atoms with Crippen LogP contribution in [0.4, 0.5) is 0 Å². The Balaban J connectivity index is 1.30. The lowest BCUT2D eigenvalue weighted by atomic mass is 10.1. The highest BCUT2D eigenvalue weighted by molar-refractivity contribution is 7.80. The fourth-order valence-corrected chi connectivity index (χ4v) is 3.76. The van der Waals surface area contributed by atoms with Crippen molar-refractivity contribution < 1.29 is 13.9 Å². The standard InChI is InChI=1S/C20H25N3O3S/c27-20(21-12-15-6-7-18-19(11-15)26-14-25-18)22-13-16(17-5-4-10-24-17)23-8-2-1-3-9-23/h4-7,10-11,16H,1-3,8-9,12-14H2,(H2,21,22,27)/t16-/m0/s1. The number of piperidine rings is 1. The summed E-state index contributed by atoms with van der Waals surface area (Å²) in [5, 5.41) is 7.26. The summed E-state index contributed by atoms with van der Waals surface area (Å²) >= 11 is 5.47. The summed E-state index contributed by atoms with van der Waals surface area (Å²) in [6, 6.07) is 10.1. The summed E-state index contributed by atoms with van der Waals surface area (Å²) in [7, 11) is 0. The predicted octanol–water partition coefficient (Wildman–Crippen LogP) is 3.20. The van der Waals surface area contributed by atoms with Gasteiger partial charge in [-0.2, -0.15) is 0 Å². The topological polar surface area (TPSA) is 58.9 Å². The van der Waals surface area contributed by atoms with E-state index in [2.05, 4.69) is 15.5 Å². The Bertz CT molecular complexity index is 760. The molecule has 1 saturated heterocycles. The fourth-order valence-electron chi connectivity index (χ4n) is 3.61. The molecule has 0 aliphatic carbocycles. The third-order valence-electron chi connectivity index (χ3n) is 5.05. The number of nitrogens with zero attached hydrogens (tertiary/aromatic N) is 1. The quantitative estimate of drug-likeness (QED) is 0.738. The number of hydrogen-bond acceptors (Lipinski definition) is 5. The molecule has 0 bridgehead atoms. The van der Waals surface area contributed by atoms with Crippen LogP contribution in [0.3, 0.4) is 0 Å². The van der Waals surface area contributed by atoms with Gasteiger partial charge in [0.2, 0.25) is 6.79 Å². The van der Waals surface area contributed by atoms with Gasteiger partial charge >= 0.3 is 0 Å². The molecule has 6 nitrogen and oxygen atoms in total. The van der Waals surface area contributed by atoms with Crippen LogP contribution >= 0.6 is 12.2 Å². The molecule has 0 spiro atoms. The van der Waals surface area contributed by atoms with E-state index < -0.39 is 0 Å². The van der Waals surface area contributed by atoms with Gasteiger partial charge in [-0.05, 0) is 68.0 Å². The maximum absolute atomic E-state index is 5.68. The Morgan fingerprint density at radius 2 is 1.93 bits per heavy atom. The van der Waals surface area contributed by atoms with Crippen molar-refractivity contribution in [3.05, 3.63) is 47.9 Å². The number of rotatable bonds is 6. The van der Waals surface area contributed by atoms with Crippen LogP contribution in [0.15, 0.2) is 41.0 Å². The highest BCUT2D eigenvalue weighted by atomic mass is 32.1. The summed E-state index contributed by atoms with van der Waals surface area (Å²) < 4.78 is 16.4. The van der Waals surface area contributed by atoms with Gasteiger partial charge < -0.3 is 24.5 Å². The zero-order chi connectivity index (χ0) is 18.5. The number of nitrogens with one attached hydrogen (secondary N) is 2. The van der Waals surface area contributed by atoms with E-state index in [0.29, 0.717) is 11.7 Å². The molecule has 0 unspecified atom stereocenters. The first kappa shape index (κ1) is 18.1. The molecule has 0 saturated carbocycles. The Morgan fingerprint density at radius 3 is 2.74 bits per heavy atom. The van der Waals surface area contributed by atoms with E-state index in [-0.39, 0.29) is 12.8 Å². The molecule has 0 radical (unpaired) electrons. The monoisotopic (exact) mass is 387 g/mol. The Kier molecular flexibility index (Phi) is 5.79. The van der Waals surface area contributed by atoms with Crippen molar-refractivity contribution in [2.45, 2.75) is 31.8 Å². The molecule has 0 amide bonds. The van der Waals surface area contributed by atoms with Crippen molar-refractivity contribution >= 4 is 17.3 Å². The molecule has 1 aromatic heterocycles. The van der Waals surface area contributed by atoms with E-state index >= 15 is 0 Å². The molecule has 1 atom stereocenters. The number of hydrogen-bond donors (Lipinski definition) is 2. The second-order valence-corrected chi connectivity index (χ2v) is 7.29. The van der Waals surface area contributed by atoms with Crippen molar-refractivity contribution in [2.24, 2.45) is 0 Å². The van der Waals surface area contributed by atoms with Gasteiger partial charge in [-0.25, -0.2) is 0 Å². The molecular weight excluding hydrogens is 362 g/mol. The van der Waals surface area contributed by atoms with E-state index in [1.54, 1.807) is 6.26 Å². The summed E-state index contributed by atoms with van der Waals surface area (Å²) in [6.07, 6.45) is 5.53. The molecule has 2 aliphatic rings. The predicted molar refractivity (Wildman–Crippen MR) is 107 cm³/mol.